The maximum Gasteiger partial charge on any atom is 0.251 e. The van der Waals surface area contributed by atoms with Crippen LogP contribution in [0.3, 0.4) is 0 Å². The number of ether oxygens (including phenoxy) is 1. The van der Waals surface area contributed by atoms with Crippen molar-refractivity contribution in [3.05, 3.63) is 102 Å². The largest absolute Gasteiger partial charge is 0.489 e. The molecule has 0 heterocycles. The van der Waals surface area contributed by atoms with Gasteiger partial charge in [0.1, 0.15) is 12.4 Å². The highest BCUT2D eigenvalue weighted by molar-refractivity contribution is 5.94. The molecule has 0 bridgehead atoms. The van der Waals surface area contributed by atoms with E-state index in [1.165, 1.54) is 5.56 Å². The summed E-state index contributed by atoms with van der Waals surface area (Å²) in [6.07, 6.45) is 0.824. The van der Waals surface area contributed by atoms with Crippen molar-refractivity contribution < 1.29 is 9.53 Å². The van der Waals surface area contributed by atoms with E-state index in [4.69, 9.17) is 4.74 Å². The highest BCUT2D eigenvalue weighted by Gasteiger charge is 2.05. The minimum Gasteiger partial charge on any atom is -0.489 e. The summed E-state index contributed by atoms with van der Waals surface area (Å²) in [5, 5.41) is 2.94. The van der Waals surface area contributed by atoms with E-state index in [1.54, 1.807) is 12.1 Å². The fraction of sp³-hybridized carbons (Fsp3) is 0.136. The van der Waals surface area contributed by atoms with Crippen molar-refractivity contribution in [1.29, 1.82) is 0 Å². The smallest absolute Gasteiger partial charge is 0.251 e. The predicted molar refractivity (Wildman–Crippen MR) is 99.7 cm³/mol. The molecule has 0 fully saturated rings. The summed E-state index contributed by atoms with van der Waals surface area (Å²) in [5.41, 5.74) is 2.97. The van der Waals surface area contributed by atoms with E-state index >= 15 is 0 Å². The molecule has 3 nitrogen and oxygen atoms in total. The van der Waals surface area contributed by atoms with Gasteiger partial charge in [-0.15, -0.1) is 0 Å². The van der Waals surface area contributed by atoms with Gasteiger partial charge in [-0.25, -0.2) is 0 Å². The van der Waals surface area contributed by atoms with Crippen LogP contribution in [0.1, 0.15) is 21.5 Å². The molecule has 0 radical (unpaired) electrons. The second-order valence-corrected chi connectivity index (χ2v) is 5.79. The number of amides is 1. The van der Waals surface area contributed by atoms with Crippen molar-refractivity contribution in [1.82, 2.24) is 5.32 Å². The average Bonchev–Trinajstić information content (AvgIpc) is 2.68. The van der Waals surface area contributed by atoms with Gasteiger partial charge in [0, 0.05) is 12.1 Å². The third-order valence-electron chi connectivity index (χ3n) is 3.91. The van der Waals surface area contributed by atoms with Crippen LogP contribution in [0.2, 0.25) is 0 Å². The van der Waals surface area contributed by atoms with Crippen LogP contribution < -0.4 is 10.1 Å². The van der Waals surface area contributed by atoms with E-state index in [0.29, 0.717) is 18.7 Å². The first-order chi connectivity index (χ1) is 12.3. The van der Waals surface area contributed by atoms with E-state index in [-0.39, 0.29) is 5.91 Å². The first-order valence-electron chi connectivity index (χ1n) is 8.40. The highest BCUT2D eigenvalue weighted by atomic mass is 16.5. The second-order valence-electron chi connectivity index (χ2n) is 5.79. The molecular formula is C22H21NO2. The Morgan fingerprint density at radius 1 is 0.760 bits per heavy atom. The molecule has 0 aliphatic carbocycles. The summed E-state index contributed by atoms with van der Waals surface area (Å²) < 4.78 is 5.73. The molecule has 0 aliphatic heterocycles. The van der Waals surface area contributed by atoms with E-state index in [1.807, 2.05) is 60.7 Å². The van der Waals surface area contributed by atoms with Crippen LogP contribution in [-0.4, -0.2) is 12.5 Å². The molecule has 3 aromatic rings. The standard InChI is InChI=1S/C22H21NO2/c24-22(23-16-15-18-7-3-1-4-8-18)20-11-13-21(14-12-20)25-17-19-9-5-2-6-10-19/h1-14H,15-17H2,(H,23,24). The molecule has 3 rings (SSSR count). The van der Waals surface area contributed by atoms with E-state index < -0.39 is 0 Å². The number of carbonyl (C=O) groups excluding carboxylic acids is 1. The van der Waals surface area contributed by atoms with Gasteiger partial charge >= 0.3 is 0 Å². The quantitative estimate of drug-likeness (QED) is 0.703. The minimum atomic E-state index is -0.0643. The lowest BCUT2D eigenvalue weighted by molar-refractivity contribution is 0.0954. The molecule has 0 unspecified atom stereocenters. The molecule has 0 saturated heterocycles. The zero-order chi connectivity index (χ0) is 17.3. The summed E-state index contributed by atoms with van der Waals surface area (Å²) in [7, 11) is 0. The summed E-state index contributed by atoms with van der Waals surface area (Å²) in [6, 6.07) is 27.4. The summed E-state index contributed by atoms with van der Waals surface area (Å²) in [4.78, 5) is 12.2. The fourth-order valence-corrected chi connectivity index (χ4v) is 2.51. The molecule has 0 atom stereocenters. The lowest BCUT2D eigenvalue weighted by Gasteiger charge is -2.08. The van der Waals surface area contributed by atoms with Crippen molar-refractivity contribution in [2.75, 3.05) is 6.54 Å². The van der Waals surface area contributed by atoms with Gasteiger partial charge in [-0.2, -0.15) is 0 Å². The van der Waals surface area contributed by atoms with Crippen LogP contribution in [0, 0.1) is 0 Å². The molecule has 0 aromatic heterocycles. The van der Waals surface area contributed by atoms with Gasteiger partial charge < -0.3 is 10.1 Å². The van der Waals surface area contributed by atoms with Crippen LogP contribution in [-0.2, 0) is 13.0 Å². The Labute approximate surface area is 148 Å². The molecule has 0 saturated carbocycles. The predicted octanol–water partition coefficient (Wildman–Crippen LogP) is 4.24. The Balaban J connectivity index is 1.47. The first kappa shape index (κ1) is 16.8. The van der Waals surface area contributed by atoms with Crippen molar-refractivity contribution >= 4 is 5.91 Å². The molecule has 3 heteroatoms. The average molecular weight is 331 g/mol. The normalized spacial score (nSPS) is 10.2. The number of nitrogens with one attached hydrogen (secondary N) is 1. The number of carbonyl (C=O) groups is 1. The Morgan fingerprint density at radius 3 is 2.00 bits per heavy atom. The first-order valence-corrected chi connectivity index (χ1v) is 8.40. The van der Waals surface area contributed by atoms with Crippen LogP contribution in [0.4, 0.5) is 0 Å². The Kier molecular flexibility index (Phi) is 5.83. The van der Waals surface area contributed by atoms with Crippen molar-refractivity contribution in [2.24, 2.45) is 0 Å². The van der Waals surface area contributed by atoms with Gasteiger partial charge in [-0.3, -0.25) is 4.79 Å². The van der Waals surface area contributed by atoms with Gasteiger partial charge in [0.2, 0.25) is 0 Å². The number of hydrogen-bond acceptors (Lipinski definition) is 2. The van der Waals surface area contributed by atoms with Gasteiger partial charge in [0.15, 0.2) is 0 Å². The van der Waals surface area contributed by atoms with E-state index in [2.05, 4.69) is 17.4 Å². The van der Waals surface area contributed by atoms with Crippen LogP contribution >= 0.6 is 0 Å². The van der Waals surface area contributed by atoms with Gasteiger partial charge in [-0.05, 0) is 41.8 Å². The van der Waals surface area contributed by atoms with Crippen LogP contribution in [0.5, 0.6) is 5.75 Å². The summed E-state index contributed by atoms with van der Waals surface area (Å²) in [5.74, 6) is 0.690. The van der Waals surface area contributed by atoms with Crippen LogP contribution in [0.25, 0.3) is 0 Å². The van der Waals surface area contributed by atoms with Gasteiger partial charge in [0.05, 0.1) is 0 Å². The lowest BCUT2D eigenvalue weighted by atomic mass is 10.1. The molecule has 126 valence electrons. The molecule has 1 amide bonds. The third-order valence-corrected chi connectivity index (χ3v) is 3.91. The van der Waals surface area contributed by atoms with Crippen molar-refractivity contribution in [3.63, 3.8) is 0 Å². The lowest BCUT2D eigenvalue weighted by Crippen LogP contribution is -2.25. The molecule has 1 N–H and O–H groups in total. The minimum absolute atomic E-state index is 0.0643. The van der Waals surface area contributed by atoms with Crippen LogP contribution in [0.15, 0.2) is 84.9 Å². The van der Waals surface area contributed by atoms with Crippen molar-refractivity contribution in [2.45, 2.75) is 13.0 Å². The summed E-state index contributed by atoms with van der Waals surface area (Å²) in [6.45, 7) is 1.14. The third kappa shape index (κ3) is 5.21. The number of hydrogen-bond donors (Lipinski definition) is 1. The van der Waals surface area contributed by atoms with E-state index in [0.717, 1.165) is 17.7 Å². The zero-order valence-corrected chi connectivity index (χ0v) is 14.0. The zero-order valence-electron chi connectivity index (χ0n) is 14.0. The highest BCUT2D eigenvalue weighted by Crippen LogP contribution is 2.14. The van der Waals surface area contributed by atoms with Gasteiger partial charge in [0.25, 0.3) is 5.91 Å². The Hall–Kier alpha value is -3.07. The Morgan fingerprint density at radius 2 is 1.36 bits per heavy atom. The summed E-state index contributed by atoms with van der Waals surface area (Å²) >= 11 is 0. The molecule has 3 aromatic carbocycles. The molecule has 0 aliphatic rings. The van der Waals surface area contributed by atoms with Gasteiger partial charge in [-0.1, -0.05) is 60.7 Å². The maximum atomic E-state index is 12.2. The monoisotopic (exact) mass is 331 g/mol. The molecule has 0 spiro atoms. The maximum absolute atomic E-state index is 12.2. The molecular weight excluding hydrogens is 310 g/mol. The van der Waals surface area contributed by atoms with Crippen molar-refractivity contribution in [3.8, 4) is 5.75 Å². The second kappa shape index (κ2) is 8.69. The SMILES string of the molecule is O=C(NCCc1ccccc1)c1ccc(OCc2ccccc2)cc1. The number of benzene rings is 3. The van der Waals surface area contributed by atoms with E-state index in [9.17, 15) is 4.79 Å². The Bertz CT molecular complexity index is 783. The topological polar surface area (TPSA) is 38.3 Å². The number of rotatable bonds is 7. The molecule has 25 heavy (non-hydrogen) atoms. The fourth-order valence-electron chi connectivity index (χ4n) is 2.51.